The third-order valence-corrected chi connectivity index (χ3v) is 1.48. The molecule has 15 heavy (non-hydrogen) atoms. The van der Waals surface area contributed by atoms with Crippen molar-refractivity contribution >= 4 is 11.7 Å². The molecule has 0 amide bonds. The molecule has 7 heteroatoms. The molecule has 0 atom stereocenters. The molecule has 0 saturated carbocycles. The van der Waals surface area contributed by atoms with Gasteiger partial charge in [0.25, 0.3) is 0 Å². The van der Waals surface area contributed by atoms with Gasteiger partial charge in [-0.2, -0.15) is 8.78 Å². The van der Waals surface area contributed by atoms with E-state index in [1.54, 1.807) is 0 Å². The van der Waals surface area contributed by atoms with Crippen LogP contribution in [0.5, 0.6) is 5.75 Å². The molecule has 1 rings (SSSR count). The van der Waals surface area contributed by atoms with E-state index in [2.05, 4.69) is 4.74 Å². The van der Waals surface area contributed by atoms with Crippen LogP contribution in [0.1, 0.15) is 6.92 Å². The molecule has 0 N–H and O–H groups in total. The van der Waals surface area contributed by atoms with E-state index in [0.29, 0.717) is 0 Å². The minimum Gasteiger partial charge on any atom is -0.423 e. The van der Waals surface area contributed by atoms with Gasteiger partial charge in [0.05, 0.1) is 4.92 Å². The molecule has 0 fully saturated rings. The van der Waals surface area contributed by atoms with Crippen molar-refractivity contribution in [2.45, 2.75) is 6.92 Å². The van der Waals surface area contributed by atoms with Gasteiger partial charge in [-0.15, -0.1) is 0 Å². The fraction of sp³-hybridized carbons (Fsp3) is 0.125. The molecule has 0 aromatic heterocycles. The highest BCUT2D eigenvalue weighted by atomic mass is 19.2. The summed E-state index contributed by atoms with van der Waals surface area (Å²) in [6.45, 7) is 0.999. The van der Waals surface area contributed by atoms with Crippen LogP contribution in [0.25, 0.3) is 0 Å². The van der Waals surface area contributed by atoms with Gasteiger partial charge in [0.2, 0.25) is 11.6 Å². The van der Waals surface area contributed by atoms with Gasteiger partial charge in [-0.05, 0) is 6.07 Å². The first-order valence-electron chi connectivity index (χ1n) is 3.74. The van der Waals surface area contributed by atoms with E-state index in [4.69, 9.17) is 0 Å². The molecule has 0 aliphatic carbocycles. The minimum atomic E-state index is -1.65. The number of ether oxygens (including phenoxy) is 1. The molecule has 1 aromatic rings. The fourth-order valence-electron chi connectivity index (χ4n) is 0.896. The quantitative estimate of drug-likeness (QED) is 0.328. The smallest absolute Gasteiger partial charge is 0.308 e. The molecular formula is C8H5F2NO4. The number of nitro benzene ring substituents is 1. The molecule has 0 heterocycles. The van der Waals surface area contributed by atoms with Gasteiger partial charge in [0.15, 0.2) is 5.75 Å². The number of nitro groups is 1. The predicted octanol–water partition coefficient (Wildman–Crippen LogP) is 1.80. The number of carbonyl (C=O) groups excluding carboxylic acids is 1. The molecule has 5 nitrogen and oxygen atoms in total. The van der Waals surface area contributed by atoms with Crippen molar-refractivity contribution in [1.82, 2.24) is 0 Å². The van der Waals surface area contributed by atoms with Crippen LogP contribution in [0.15, 0.2) is 12.1 Å². The molecule has 0 spiro atoms. The maximum atomic E-state index is 13.0. The summed E-state index contributed by atoms with van der Waals surface area (Å²) >= 11 is 0. The first-order valence-corrected chi connectivity index (χ1v) is 3.74. The summed E-state index contributed by atoms with van der Waals surface area (Å²) in [5.74, 6) is -4.73. The number of esters is 1. The highest BCUT2D eigenvalue weighted by molar-refractivity contribution is 5.69. The van der Waals surface area contributed by atoms with Crippen LogP contribution in [-0.2, 0) is 4.79 Å². The van der Waals surface area contributed by atoms with Crippen LogP contribution in [0, 0.1) is 21.7 Å². The Balaban J connectivity index is 3.21. The molecule has 1 aromatic carbocycles. The maximum Gasteiger partial charge on any atom is 0.308 e. The number of nitrogens with zero attached hydrogens (tertiary/aromatic N) is 1. The molecular weight excluding hydrogens is 212 g/mol. The second-order valence-corrected chi connectivity index (χ2v) is 2.56. The zero-order chi connectivity index (χ0) is 11.6. The Morgan fingerprint density at radius 2 is 2.00 bits per heavy atom. The molecule has 0 bridgehead atoms. The summed E-state index contributed by atoms with van der Waals surface area (Å²) in [5.41, 5.74) is -1.01. The summed E-state index contributed by atoms with van der Waals surface area (Å²) in [4.78, 5) is 19.6. The Kier molecular flexibility index (Phi) is 2.93. The van der Waals surface area contributed by atoms with Crippen molar-refractivity contribution in [3.8, 4) is 5.75 Å². The van der Waals surface area contributed by atoms with Crippen LogP contribution >= 0.6 is 0 Å². The standard InChI is InChI=1S/C8H5F2NO4/c1-4(12)15-6-3-2-5(11(13)14)7(9)8(6)10/h2-3H,1H3. The van der Waals surface area contributed by atoms with E-state index < -0.39 is 34.0 Å². The Morgan fingerprint density at radius 1 is 1.40 bits per heavy atom. The van der Waals surface area contributed by atoms with Gasteiger partial charge in [-0.25, -0.2) is 0 Å². The zero-order valence-corrected chi connectivity index (χ0v) is 7.49. The van der Waals surface area contributed by atoms with Crippen molar-refractivity contribution in [2.75, 3.05) is 0 Å². The van der Waals surface area contributed by atoms with Crippen LogP contribution in [0.2, 0.25) is 0 Å². The highest BCUT2D eigenvalue weighted by Gasteiger charge is 2.22. The maximum absolute atomic E-state index is 13.0. The van der Waals surface area contributed by atoms with Gasteiger partial charge in [0, 0.05) is 13.0 Å². The van der Waals surface area contributed by atoms with E-state index >= 15 is 0 Å². The van der Waals surface area contributed by atoms with E-state index in [-0.39, 0.29) is 0 Å². The second kappa shape index (κ2) is 3.99. The lowest BCUT2D eigenvalue weighted by molar-refractivity contribution is -0.387. The van der Waals surface area contributed by atoms with E-state index in [1.807, 2.05) is 0 Å². The number of rotatable bonds is 2. The number of halogens is 2. The lowest BCUT2D eigenvalue weighted by Gasteiger charge is -2.02. The van der Waals surface area contributed by atoms with Crippen molar-refractivity contribution in [1.29, 1.82) is 0 Å². The summed E-state index contributed by atoms with van der Waals surface area (Å²) in [7, 11) is 0. The minimum absolute atomic E-state index is 0.675. The number of benzene rings is 1. The third kappa shape index (κ3) is 2.25. The lowest BCUT2D eigenvalue weighted by atomic mass is 10.3. The first kappa shape index (κ1) is 11.0. The number of hydrogen-bond donors (Lipinski definition) is 0. The van der Waals surface area contributed by atoms with Crippen LogP contribution < -0.4 is 4.74 Å². The van der Waals surface area contributed by atoms with E-state index in [9.17, 15) is 23.7 Å². The largest absolute Gasteiger partial charge is 0.423 e. The zero-order valence-electron chi connectivity index (χ0n) is 7.49. The first-order chi connectivity index (χ1) is 6.93. The average Bonchev–Trinajstić information content (AvgIpc) is 2.12. The predicted molar refractivity (Wildman–Crippen MR) is 44.3 cm³/mol. The van der Waals surface area contributed by atoms with Crippen LogP contribution in [-0.4, -0.2) is 10.9 Å². The van der Waals surface area contributed by atoms with Gasteiger partial charge in [-0.3, -0.25) is 14.9 Å². The molecule has 0 radical (unpaired) electrons. The Morgan fingerprint density at radius 3 is 2.47 bits per heavy atom. The average molecular weight is 217 g/mol. The Labute approximate surface area is 82.4 Å². The molecule has 0 aliphatic rings. The second-order valence-electron chi connectivity index (χ2n) is 2.56. The van der Waals surface area contributed by atoms with E-state index in [0.717, 1.165) is 19.1 Å². The molecule has 0 saturated heterocycles. The van der Waals surface area contributed by atoms with Crippen LogP contribution in [0.4, 0.5) is 14.5 Å². The molecule has 0 aliphatic heterocycles. The topological polar surface area (TPSA) is 69.4 Å². The fourth-order valence-corrected chi connectivity index (χ4v) is 0.896. The normalized spacial score (nSPS) is 9.80. The van der Waals surface area contributed by atoms with Gasteiger partial charge >= 0.3 is 11.7 Å². The third-order valence-electron chi connectivity index (χ3n) is 1.48. The van der Waals surface area contributed by atoms with Gasteiger partial charge < -0.3 is 4.74 Å². The summed E-state index contributed by atoms with van der Waals surface area (Å²) in [5, 5.41) is 10.2. The van der Waals surface area contributed by atoms with Crippen molar-refractivity contribution < 1.29 is 23.2 Å². The summed E-state index contributed by atoms with van der Waals surface area (Å²) < 4.78 is 30.3. The van der Waals surface area contributed by atoms with Crippen molar-refractivity contribution in [3.63, 3.8) is 0 Å². The molecule has 0 unspecified atom stereocenters. The van der Waals surface area contributed by atoms with Gasteiger partial charge in [0.1, 0.15) is 0 Å². The molecule has 80 valence electrons. The Bertz CT molecular complexity index is 433. The van der Waals surface area contributed by atoms with Crippen molar-refractivity contribution in [3.05, 3.63) is 33.9 Å². The van der Waals surface area contributed by atoms with Crippen LogP contribution in [0.3, 0.4) is 0 Å². The SMILES string of the molecule is CC(=O)Oc1ccc([N+](=O)[O-])c(F)c1F. The lowest BCUT2D eigenvalue weighted by Crippen LogP contribution is -2.05. The number of carbonyl (C=O) groups is 1. The summed E-state index contributed by atoms with van der Waals surface area (Å²) in [6.07, 6.45) is 0. The van der Waals surface area contributed by atoms with E-state index in [1.165, 1.54) is 0 Å². The Hall–Kier alpha value is -2.05. The number of hydrogen-bond acceptors (Lipinski definition) is 4. The van der Waals surface area contributed by atoms with Gasteiger partial charge in [-0.1, -0.05) is 0 Å². The summed E-state index contributed by atoms with van der Waals surface area (Å²) in [6, 6.07) is 1.54. The highest BCUT2D eigenvalue weighted by Crippen LogP contribution is 2.27. The monoisotopic (exact) mass is 217 g/mol. The van der Waals surface area contributed by atoms with Crippen molar-refractivity contribution in [2.24, 2.45) is 0 Å².